The standard InChI is InChI=1S/C15H11N3O3/c16-10-12-6-4-11(5-7-12)8-15(19)17-13-2-1-3-14(9-13)18(20)21/h1-7,9H,8H2,(H,17,19). The molecule has 0 saturated carbocycles. The number of nitro groups is 1. The van der Waals surface area contributed by atoms with Gasteiger partial charge in [0.05, 0.1) is 23.0 Å². The van der Waals surface area contributed by atoms with E-state index in [0.717, 1.165) is 5.56 Å². The molecule has 0 aliphatic carbocycles. The van der Waals surface area contributed by atoms with Crippen LogP contribution in [0.1, 0.15) is 11.1 Å². The van der Waals surface area contributed by atoms with Crippen molar-refractivity contribution in [1.29, 1.82) is 5.26 Å². The van der Waals surface area contributed by atoms with E-state index in [4.69, 9.17) is 5.26 Å². The number of benzene rings is 2. The number of hydrogen-bond donors (Lipinski definition) is 1. The molecular formula is C15H11N3O3. The summed E-state index contributed by atoms with van der Waals surface area (Å²) >= 11 is 0. The van der Waals surface area contributed by atoms with Crippen LogP contribution in [-0.4, -0.2) is 10.8 Å². The Morgan fingerprint density at radius 1 is 1.24 bits per heavy atom. The molecule has 0 aromatic heterocycles. The summed E-state index contributed by atoms with van der Waals surface area (Å²) in [6.07, 6.45) is 0.133. The van der Waals surface area contributed by atoms with Gasteiger partial charge in [-0.25, -0.2) is 0 Å². The minimum Gasteiger partial charge on any atom is -0.326 e. The van der Waals surface area contributed by atoms with E-state index < -0.39 is 4.92 Å². The van der Waals surface area contributed by atoms with Crippen LogP contribution in [0.2, 0.25) is 0 Å². The summed E-state index contributed by atoms with van der Waals surface area (Å²) in [5.74, 6) is -0.278. The normalized spacial score (nSPS) is 9.67. The molecule has 0 bridgehead atoms. The molecule has 0 radical (unpaired) electrons. The molecule has 0 aliphatic rings. The van der Waals surface area contributed by atoms with Crippen molar-refractivity contribution < 1.29 is 9.72 Å². The van der Waals surface area contributed by atoms with Gasteiger partial charge in [0, 0.05) is 17.8 Å². The number of anilines is 1. The zero-order valence-corrected chi connectivity index (χ0v) is 10.9. The highest BCUT2D eigenvalue weighted by atomic mass is 16.6. The van der Waals surface area contributed by atoms with Crippen molar-refractivity contribution >= 4 is 17.3 Å². The second kappa shape index (κ2) is 6.30. The number of nitrogens with one attached hydrogen (secondary N) is 1. The number of nitriles is 1. The van der Waals surface area contributed by atoms with Gasteiger partial charge >= 0.3 is 0 Å². The van der Waals surface area contributed by atoms with Crippen molar-refractivity contribution in [2.24, 2.45) is 0 Å². The molecule has 0 unspecified atom stereocenters. The summed E-state index contributed by atoms with van der Waals surface area (Å²) in [7, 11) is 0. The van der Waals surface area contributed by atoms with Gasteiger partial charge in [-0.15, -0.1) is 0 Å². The largest absolute Gasteiger partial charge is 0.326 e. The van der Waals surface area contributed by atoms with Crippen LogP contribution in [0.15, 0.2) is 48.5 Å². The number of carbonyl (C=O) groups excluding carboxylic acids is 1. The van der Waals surface area contributed by atoms with E-state index >= 15 is 0 Å². The molecule has 0 spiro atoms. The second-order valence-corrected chi connectivity index (χ2v) is 4.34. The smallest absolute Gasteiger partial charge is 0.271 e. The maximum atomic E-state index is 11.9. The third kappa shape index (κ3) is 3.88. The molecular weight excluding hydrogens is 270 g/mol. The number of nitro benzene ring substituents is 1. The van der Waals surface area contributed by atoms with Gasteiger partial charge in [0.25, 0.3) is 5.69 Å². The summed E-state index contributed by atoms with van der Waals surface area (Å²) < 4.78 is 0. The number of carbonyl (C=O) groups is 1. The van der Waals surface area contributed by atoms with Gasteiger partial charge in [0.1, 0.15) is 0 Å². The van der Waals surface area contributed by atoms with E-state index in [2.05, 4.69) is 5.32 Å². The van der Waals surface area contributed by atoms with E-state index in [9.17, 15) is 14.9 Å². The highest BCUT2D eigenvalue weighted by Gasteiger charge is 2.08. The molecule has 0 heterocycles. The molecule has 2 rings (SSSR count). The minimum absolute atomic E-state index is 0.0776. The first-order valence-electron chi connectivity index (χ1n) is 6.12. The molecule has 21 heavy (non-hydrogen) atoms. The Hall–Kier alpha value is -3.20. The number of non-ortho nitro benzene ring substituents is 1. The molecule has 1 amide bonds. The Morgan fingerprint density at radius 2 is 1.95 bits per heavy atom. The summed E-state index contributed by atoms with van der Waals surface area (Å²) in [6, 6.07) is 14.4. The Labute approximate surface area is 120 Å². The SMILES string of the molecule is N#Cc1ccc(CC(=O)Nc2cccc([N+](=O)[O-])c2)cc1. The Morgan fingerprint density at radius 3 is 2.57 bits per heavy atom. The van der Waals surface area contributed by atoms with Crippen molar-refractivity contribution in [3.8, 4) is 6.07 Å². The third-order valence-electron chi connectivity index (χ3n) is 2.79. The fraction of sp³-hybridized carbons (Fsp3) is 0.0667. The summed E-state index contributed by atoms with van der Waals surface area (Å²) in [4.78, 5) is 22.0. The highest BCUT2D eigenvalue weighted by molar-refractivity contribution is 5.92. The average molecular weight is 281 g/mol. The Balaban J connectivity index is 2.02. The Bertz CT molecular complexity index is 718. The third-order valence-corrected chi connectivity index (χ3v) is 2.79. The van der Waals surface area contributed by atoms with Gasteiger partial charge in [0.2, 0.25) is 5.91 Å². The van der Waals surface area contributed by atoms with E-state index in [-0.39, 0.29) is 18.0 Å². The lowest BCUT2D eigenvalue weighted by molar-refractivity contribution is -0.384. The summed E-state index contributed by atoms with van der Waals surface area (Å²) in [5.41, 5.74) is 1.59. The molecule has 0 saturated heterocycles. The van der Waals surface area contributed by atoms with Crippen LogP contribution in [0.5, 0.6) is 0 Å². The van der Waals surface area contributed by atoms with Crippen LogP contribution < -0.4 is 5.32 Å². The lowest BCUT2D eigenvalue weighted by Crippen LogP contribution is -2.14. The predicted molar refractivity (Wildman–Crippen MR) is 76.6 cm³/mol. The lowest BCUT2D eigenvalue weighted by Gasteiger charge is -2.05. The minimum atomic E-state index is -0.518. The Kier molecular flexibility index (Phi) is 4.26. The highest BCUT2D eigenvalue weighted by Crippen LogP contribution is 2.17. The van der Waals surface area contributed by atoms with Gasteiger partial charge in [-0.1, -0.05) is 18.2 Å². The molecule has 2 aromatic rings. The second-order valence-electron chi connectivity index (χ2n) is 4.34. The molecule has 1 N–H and O–H groups in total. The quantitative estimate of drug-likeness (QED) is 0.688. The molecule has 104 valence electrons. The van der Waals surface area contributed by atoms with Crippen LogP contribution in [0.25, 0.3) is 0 Å². The van der Waals surface area contributed by atoms with Gasteiger partial charge in [0.15, 0.2) is 0 Å². The van der Waals surface area contributed by atoms with E-state index in [1.54, 1.807) is 30.3 Å². The molecule has 0 atom stereocenters. The maximum absolute atomic E-state index is 11.9. The topological polar surface area (TPSA) is 96.0 Å². The van der Waals surface area contributed by atoms with Crippen molar-refractivity contribution in [2.45, 2.75) is 6.42 Å². The summed E-state index contributed by atoms with van der Waals surface area (Å²) in [5, 5.41) is 22.0. The fourth-order valence-electron chi connectivity index (χ4n) is 1.78. The van der Waals surface area contributed by atoms with Crippen LogP contribution >= 0.6 is 0 Å². The van der Waals surface area contributed by atoms with E-state index in [0.29, 0.717) is 11.3 Å². The monoisotopic (exact) mass is 281 g/mol. The molecule has 6 heteroatoms. The van der Waals surface area contributed by atoms with Gasteiger partial charge in [-0.2, -0.15) is 5.26 Å². The number of rotatable bonds is 4. The zero-order valence-electron chi connectivity index (χ0n) is 10.9. The van der Waals surface area contributed by atoms with Crippen LogP contribution in [0.4, 0.5) is 11.4 Å². The lowest BCUT2D eigenvalue weighted by atomic mass is 10.1. The number of amides is 1. The molecule has 0 aliphatic heterocycles. The zero-order chi connectivity index (χ0) is 15.2. The molecule has 0 fully saturated rings. The first kappa shape index (κ1) is 14.2. The van der Waals surface area contributed by atoms with Gasteiger partial charge < -0.3 is 5.32 Å². The van der Waals surface area contributed by atoms with Crippen molar-refractivity contribution in [2.75, 3.05) is 5.32 Å². The number of nitrogens with zero attached hydrogens (tertiary/aromatic N) is 2. The molecule has 6 nitrogen and oxygen atoms in total. The van der Waals surface area contributed by atoms with Crippen LogP contribution in [0, 0.1) is 21.4 Å². The first-order valence-corrected chi connectivity index (χ1v) is 6.12. The van der Waals surface area contributed by atoms with Crippen LogP contribution in [0.3, 0.4) is 0 Å². The van der Waals surface area contributed by atoms with Gasteiger partial charge in [-0.05, 0) is 23.8 Å². The van der Waals surface area contributed by atoms with Gasteiger partial charge in [-0.3, -0.25) is 14.9 Å². The first-order chi connectivity index (χ1) is 10.1. The van der Waals surface area contributed by atoms with E-state index in [1.807, 2.05) is 6.07 Å². The van der Waals surface area contributed by atoms with Crippen molar-refractivity contribution in [1.82, 2.24) is 0 Å². The molecule has 2 aromatic carbocycles. The van der Waals surface area contributed by atoms with Crippen molar-refractivity contribution in [3.05, 3.63) is 69.8 Å². The average Bonchev–Trinajstić information content (AvgIpc) is 2.48. The fourth-order valence-corrected chi connectivity index (χ4v) is 1.78. The van der Waals surface area contributed by atoms with E-state index in [1.165, 1.54) is 18.2 Å². The van der Waals surface area contributed by atoms with Crippen molar-refractivity contribution in [3.63, 3.8) is 0 Å². The maximum Gasteiger partial charge on any atom is 0.271 e. The number of hydrogen-bond acceptors (Lipinski definition) is 4. The summed E-state index contributed by atoms with van der Waals surface area (Å²) in [6.45, 7) is 0. The predicted octanol–water partition coefficient (Wildman–Crippen LogP) is 2.65. The van der Waals surface area contributed by atoms with Crippen LogP contribution in [-0.2, 0) is 11.2 Å².